The molecule has 1 aromatic rings. The van der Waals surface area contributed by atoms with Gasteiger partial charge in [-0.15, -0.1) is 24.0 Å². The van der Waals surface area contributed by atoms with Gasteiger partial charge in [0, 0.05) is 32.7 Å². The highest BCUT2D eigenvalue weighted by Crippen LogP contribution is 2.28. The summed E-state index contributed by atoms with van der Waals surface area (Å²) in [6, 6.07) is 7.94. The van der Waals surface area contributed by atoms with E-state index in [0.717, 1.165) is 6.42 Å². The van der Waals surface area contributed by atoms with Crippen molar-refractivity contribution in [3.05, 3.63) is 35.4 Å². The van der Waals surface area contributed by atoms with E-state index in [1.165, 1.54) is 11.1 Å². The lowest BCUT2D eigenvalue weighted by molar-refractivity contribution is -0.0494. The molecule has 0 bridgehead atoms. The Labute approximate surface area is 181 Å². The summed E-state index contributed by atoms with van der Waals surface area (Å²) < 4.78 is 61.2. The molecule has 1 aliphatic rings. The minimum absolute atomic E-state index is 0. The number of hydrogen-bond acceptors (Lipinski definition) is 3. The molecule has 2 rings (SSSR count). The molecule has 160 valence electrons. The van der Waals surface area contributed by atoms with Gasteiger partial charge in [-0.1, -0.05) is 24.3 Å². The van der Waals surface area contributed by atoms with Crippen LogP contribution in [0.2, 0.25) is 0 Å². The molecule has 11 heteroatoms. The van der Waals surface area contributed by atoms with Crippen LogP contribution in [0.15, 0.2) is 29.3 Å². The number of benzene rings is 1. The number of halogens is 4. The van der Waals surface area contributed by atoms with Crippen molar-refractivity contribution >= 4 is 40.0 Å². The first-order valence-electron chi connectivity index (χ1n) is 8.73. The number of hydrogen-bond donors (Lipinski definition) is 2. The molecule has 2 N–H and O–H groups in total. The Morgan fingerprint density at radius 1 is 1.25 bits per heavy atom. The molecule has 1 heterocycles. The molecule has 1 fully saturated rings. The van der Waals surface area contributed by atoms with Crippen molar-refractivity contribution in [2.45, 2.75) is 37.7 Å². The van der Waals surface area contributed by atoms with E-state index in [4.69, 9.17) is 0 Å². The predicted molar refractivity (Wildman–Crippen MR) is 114 cm³/mol. The minimum Gasteiger partial charge on any atom is -0.356 e. The van der Waals surface area contributed by atoms with Gasteiger partial charge in [0.15, 0.2) is 5.96 Å². The van der Waals surface area contributed by atoms with Gasteiger partial charge in [0.2, 0.25) is 0 Å². The van der Waals surface area contributed by atoms with Gasteiger partial charge in [0.05, 0.1) is 0 Å². The number of piperidine rings is 1. The van der Waals surface area contributed by atoms with Crippen LogP contribution >= 0.6 is 24.0 Å². The highest BCUT2D eigenvalue weighted by Gasteiger charge is 2.50. The van der Waals surface area contributed by atoms with Crippen LogP contribution < -0.4 is 10.6 Å². The second-order valence-electron chi connectivity index (χ2n) is 6.44. The second kappa shape index (κ2) is 10.6. The Bertz CT molecular complexity index is 764. The number of nitrogens with one attached hydrogen (secondary N) is 2. The number of sulfonamides is 1. The molecule has 0 atom stereocenters. The van der Waals surface area contributed by atoms with Gasteiger partial charge in [-0.05, 0) is 37.3 Å². The Morgan fingerprint density at radius 2 is 1.86 bits per heavy atom. The maximum Gasteiger partial charge on any atom is 0.511 e. The van der Waals surface area contributed by atoms with E-state index in [-0.39, 0.29) is 55.9 Å². The minimum atomic E-state index is -5.25. The molecule has 1 saturated heterocycles. The predicted octanol–water partition coefficient (Wildman–Crippen LogP) is 2.63. The van der Waals surface area contributed by atoms with Crippen molar-refractivity contribution in [1.29, 1.82) is 0 Å². The van der Waals surface area contributed by atoms with Gasteiger partial charge in [-0.3, -0.25) is 4.99 Å². The lowest BCUT2D eigenvalue weighted by atomic mass is 10.1. The number of aliphatic imine (C=N–C) groups is 1. The summed E-state index contributed by atoms with van der Waals surface area (Å²) in [6.45, 7) is 2.37. The van der Waals surface area contributed by atoms with E-state index in [2.05, 4.69) is 21.7 Å². The maximum absolute atomic E-state index is 12.6. The van der Waals surface area contributed by atoms with Crippen molar-refractivity contribution in [2.75, 3.05) is 26.7 Å². The monoisotopic (exact) mass is 534 g/mol. The first-order valence-corrected chi connectivity index (χ1v) is 10.2. The first kappa shape index (κ1) is 25.0. The molecule has 28 heavy (non-hydrogen) atoms. The topological polar surface area (TPSA) is 73.8 Å². The van der Waals surface area contributed by atoms with Crippen molar-refractivity contribution < 1.29 is 21.6 Å². The van der Waals surface area contributed by atoms with Gasteiger partial charge >= 0.3 is 15.5 Å². The molecule has 0 aliphatic carbocycles. The summed E-state index contributed by atoms with van der Waals surface area (Å²) in [5.74, 6) is 0.556. The third kappa shape index (κ3) is 6.48. The number of rotatable bonds is 5. The zero-order chi connectivity index (χ0) is 20.1. The lowest BCUT2D eigenvalue weighted by Crippen LogP contribution is -2.51. The van der Waals surface area contributed by atoms with Crippen LogP contribution in [-0.4, -0.2) is 56.9 Å². The van der Waals surface area contributed by atoms with E-state index in [1.54, 1.807) is 7.05 Å². The van der Waals surface area contributed by atoms with Crippen molar-refractivity contribution in [3.63, 3.8) is 0 Å². The molecule has 1 aliphatic heterocycles. The molecule has 0 radical (unpaired) electrons. The first-order chi connectivity index (χ1) is 12.6. The van der Waals surface area contributed by atoms with Crippen molar-refractivity contribution in [3.8, 4) is 0 Å². The molecule has 6 nitrogen and oxygen atoms in total. The fourth-order valence-electron chi connectivity index (χ4n) is 2.98. The van der Waals surface area contributed by atoms with Crippen LogP contribution in [0.4, 0.5) is 13.2 Å². The molecule has 0 spiro atoms. The molecule has 0 amide bonds. The van der Waals surface area contributed by atoms with Gasteiger partial charge < -0.3 is 10.6 Å². The summed E-state index contributed by atoms with van der Waals surface area (Å²) in [7, 11) is -3.63. The standard InChI is InChI=1S/C17H25F3N4O2S.HI/c1-13-5-3-4-6-14(13)7-10-22-16(21-2)23-15-8-11-24(12-9-15)27(25,26)17(18,19)20;/h3-6,15H,7-12H2,1-2H3,(H2,21,22,23);1H. The highest BCUT2D eigenvalue weighted by molar-refractivity contribution is 14.0. The van der Waals surface area contributed by atoms with Gasteiger partial charge in [-0.25, -0.2) is 8.42 Å². The van der Waals surface area contributed by atoms with E-state index >= 15 is 0 Å². The lowest BCUT2D eigenvalue weighted by Gasteiger charge is -2.32. The average Bonchev–Trinajstić information content (AvgIpc) is 2.62. The number of nitrogens with zero attached hydrogens (tertiary/aromatic N) is 2. The van der Waals surface area contributed by atoms with Gasteiger partial charge in [0.1, 0.15) is 0 Å². The third-order valence-electron chi connectivity index (χ3n) is 4.60. The number of guanidine groups is 1. The van der Waals surface area contributed by atoms with Crippen LogP contribution in [0, 0.1) is 6.92 Å². The fourth-order valence-corrected chi connectivity index (χ4v) is 3.97. The van der Waals surface area contributed by atoms with Crippen molar-refractivity contribution in [2.24, 2.45) is 4.99 Å². The second-order valence-corrected chi connectivity index (χ2v) is 8.37. The SMILES string of the molecule is CN=C(NCCc1ccccc1C)NC1CCN(S(=O)(=O)C(F)(F)F)CC1.I. The molecular formula is C17H26F3IN4O2S. The summed E-state index contributed by atoms with van der Waals surface area (Å²) in [4.78, 5) is 4.13. The van der Waals surface area contributed by atoms with Crippen LogP contribution in [0.1, 0.15) is 24.0 Å². The smallest absolute Gasteiger partial charge is 0.356 e. The molecule has 0 unspecified atom stereocenters. The number of aryl methyl sites for hydroxylation is 1. The molecular weight excluding hydrogens is 508 g/mol. The van der Waals surface area contributed by atoms with E-state index < -0.39 is 15.5 Å². The van der Waals surface area contributed by atoms with Crippen LogP contribution in [0.5, 0.6) is 0 Å². The molecule has 0 saturated carbocycles. The van der Waals surface area contributed by atoms with Crippen LogP contribution in [-0.2, 0) is 16.4 Å². The van der Waals surface area contributed by atoms with E-state index in [9.17, 15) is 21.6 Å². The molecule has 0 aromatic heterocycles. The Hall–Kier alpha value is -1.08. The van der Waals surface area contributed by atoms with E-state index in [1.807, 2.05) is 25.1 Å². The zero-order valence-corrected chi connectivity index (χ0v) is 18.9. The Kier molecular flexibility index (Phi) is 9.47. The van der Waals surface area contributed by atoms with Gasteiger partial charge in [-0.2, -0.15) is 17.5 Å². The summed E-state index contributed by atoms with van der Waals surface area (Å²) >= 11 is 0. The Balaban J connectivity index is 0.00000392. The van der Waals surface area contributed by atoms with Crippen molar-refractivity contribution in [1.82, 2.24) is 14.9 Å². The van der Waals surface area contributed by atoms with E-state index in [0.29, 0.717) is 16.8 Å². The van der Waals surface area contributed by atoms with Crippen LogP contribution in [0.25, 0.3) is 0 Å². The third-order valence-corrected chi connectivity index (χ3v) is 6.23. The zero-order valence-electron chi connectivity index (χ0n) is 15.8. The quantitative estimate of drug-likeness (QED) is 0.346. The van der Waals surface area contributed by atoms with Gasteiger partial charge in [0.25, 0.3) is 0 Å². The summed E-state index contributed by atoms with van der Waals surface area (Å²) in [5, 5.41) is 6.34. The fraction of sp³-hybridized carbons (Fsp3) is 0.588. The van der Waals surface area contributed by atoms with Crippen LogP contribution in [0.3, 0.4) is 0 Å². The summed E-state index contributed by atoms with van der Waals surface area (Å²) in [6.07, 6.45) is 1.39. The Morgan fingerprint density at radius 3 is 2.39 bits per heavy atom. The largest absolute Gasteiger partial charge is 0.511 e. The molecule has 1 aromatic carbocycles. The highest BCUT2D eigenvalue weighted by atomic mass is 127. The normalized spacial score (nSPS) is 17.1. The summed E-state index contributed by atoms with van der Waals surface area (Å²) in [5.41, 5.74) is -2.81. The average molecular weight is 534 g/mol. The maximum atomic E-state index is 12.6. The number of alkyl halides is 3.